The molecule has 0 aromatic heterocycles. The van der Waals surface area contributed by atoms with Crippen LogP contribution in [0.4, 0.5) is 0 Å². The highest BCUT2D eigenvalue weighted by Gasteiger charge is 2.25. The second-order valence-electron chi connectivity index (χ2n) is 4.90. The van der Waals surface area contributed by atoms with Gasteiger partial charge in [-0.15, -0.1) is 0 Å². The van der Waals surface area contributed by atoms with Crippen molar-refractivity contribution < 1.29 is 5.11 Å². The zero-order valence-corrected chi connectivity index (χ0v) is 10.5. The summed E-state index contributed by atoms with van der Waals surface area (Å²) in [5.41, 5.74) is 2.30. The molecule has 0 aliphatic heterocycles. The van der Waals surface area contributed by atoms with Crippen LogP contribution in [0.1, 0.15) is 42.9 Å². The van der Waals surface area contributed by atoms with Crippen molar-refractivity contribution in [3.8, 4) is 0 Å². The largest absolute Gasteiger partial charge is 0.388 e. The number of hydrogen-bond acceptors (Lipinski definition) is 1. The fraction of sp³-hybridized carbons (Fsp3) is 0.333. The summed E-state index contributed by atoms with van der Waals surface area (Å²) < 4.78 is 0. The van der Waals surface area contributed by atoms with E-state index in [2.05, 4.69) is 13.0 Å². The molecule has 0 saturated carbocycles. The van der Waals surface area contributed by atoms with Gasteiger partial charge in [-0.1, -0.05) is 42.8 Å². The summed E-state index contributed by atoms with van der Waals surface area (Å²) >= 11 is 6.30. The van der Waals surface area contributed by atoms with Gasteiger partial charge >= 0.3 is 0 Å². The first kappa shape index (κ1) is 11.1. The zero-order chi connectivity index (χ0) is 12.0. The van der Waals surface area contributed by atoms with Gasteiger partial charge in [-0.25, -0.2) is 0 Å². The number of halogens is 1. The fourth-order valence-corrected chi connectivity index (χ4v) is 3.19. The molecule has 2 atom stereocenters. The quantitative estimate of drug-likeness (QED) is 0.729. The molecule has 2 heteroatoms. The summed E-state index contributed by atoms with van der Waals surface area (Å²) in [4.78, 5) is 0. The van der Waals surface area contributed by atoms with Crippen LogP contribution in [-0.4, -0.2) is 5.11 Å². The Morgan fingerprint density at radius 3 is 2.65 bits per heavy atom. The number of rotatable bonds is 0. The van der Waals surface area contributed by atoms with E-state index in [-0.39, 0.29) is 6.10 Å². The predicted octanol–water partition coefficient (Wildman–Crippen LogP) is 4.42. The molecule has 2 aromatic rings. The van der Waals surface area contributed by atoms with Gasteiger partial charge in [-0.2, -0.15) is 0 Å². The Balaban J connectivity index is 2.41. The molecule has 1 aliphatic carbocycles. The van der Waals surface area contributed by atoms with E-state index in [1.54, 1.807) is 0 Å². The van der Waals surface area contributed by atoms with Crippen molar-refractivity contribution >= 4 is 22.4 Å². The molecule has 3 rings (SSSR count). The van der Waals surface area contributed by atoms with E-state index >= 15 is 0 Å². The van der Waals surface area contributed by atoms with Gasteiger partial charge in [-0.3, -0.25) is 0 Å². The van der Waals surface area contributed by atoms with Crippen LogP contribution in [0, 0.1) is 0 Å². The van der Waals surface area contributed by atoms with Crippen molar-refractivity contribution in [1.29, 1.82) is 0 Å². The third-order valence-electron chi connectivity index (χ3n) is 3.79. The molecule has 0 fully saturated rings. The van der Waals surface area contributed by atoms with Crippen LogP contribution in [-0.2, 0) is 0 Å². The van der Waals surface area contributed by atoms with Crippen LogP contribution in [0.25, 0.3) is 10.8 Å². The minimum absolute atomic E-state index is 0.358. The van der Waals surface area contributed by atoms with Crippen molar-refractivity contribution in [2.75, 3.05) is 0 Å². The first-order valence-electron chi connectivity index (χ1n) is 6.07. The Morgan fingerprint density at radius 2 is 1.88 bits per heavy atom. The van der Waals surface area contributed by atoms with Crippen LogP contribution in [0.2, 0.25) is 5.02 Å². The molecule has 17 heavy (non-hydrogen) atoms. The van der Waals surface area contributed by atoms with Crippen molar-refractivity contribution in [3.05, 3.63) is 46.5 Å². The molecule has 0 saturated heterocycles. The van der Waals surface area contributed by atoms with E-state index in [4.69, 9.17) is 11.6 Å². The molecule has 0 heterocycles. The average molecular weight is 247 g/mol. The van der Waals surface area contributed by atoms with Gasteiger partial charge in [-0.05, 0) is 41.3 Å². The maximum absolute atomic E-state index is 10.1. The van der Waals surface area contributed by atoms with Crippen LogP contribution in [0.5, 0.6) is 0 Å². The van der Waals surface area contributed by atoms with Crippen LogP contribution < -0.4 is 0 Å². The predicted molar refractivity (Wildman–Crippen MR) is 71.6 cm³/mol. The maximum atomic E-state index is 10.1. The molecule has 1 unspecified atom stereocenters. The van der Waals surface area contributed by atoms with Gasteiger partial charge < -0.3 is 5.11 Å². The lowest BCUT2D eigenvalue weighted by molar-refractivity contribution is 0.152. The van der Waals surface area contributed by atoms with Gasteiger partial charge in [0.1, 0.15) is 0 Å². The molecule has 0 radical (unpaired) electrons. The summed E-state index contributed by atoms with van der Waals surface area (Å²) in [6.07, 6.45) is 1.52. The standard InChI is InChI=1S/C15H15ClO/c1-9-6-7-14(17)12-8-13(16)10-4-2-3-5-11(10)15(9)12/h2-5,8-9,14,17H,6-7H2,1H3/t9?,14-/m0/s1. The first-order chi connectivity index (χ1) is 8.18. The van der Waals surface area contributed by atoms with Gasteiger partial charge in [0, 0.05) is 10.4 Å². The lowest BCUT2D eigenvalue weighted by Crippen LogP contribution is -2.13. The molecule has 1 N–H and O–H groups in total. The summed E-state index contributed by atoms with van der Waals surface area (Å²) in [5.74, 6) is 0.496. The number of aliphatic hydroxyl groups is 1. The molecular weight excluding hydrogens is 232 g/mol. The summed E-state index contributed by atoms with van der Waals surface area (Å²) in [7, 11) is 0. The van der Waals surface area contributed by atoms with E-state index in [0.29, 0.717) is 5.92 Å². The Morgan fingerprint density at radius 1 is 1.18 bits per heavy atom. The van der Waals surface area contributed by atoms with Gasteiger partial charge in [0.05, 0.1) is 6.10 Å². The molecular formula is C15H15ClO. The summed E-state index contributed by atoms with van der Waals surface area (Å²) in [6, 6.07) is 10.1. The number of fused-ring (bicyclic) bond motifs is 3. The minimum Gasteiger partial charge on any atom is -0.388 e. The van der Waals surface area contributed by atoms with Crippen molar-refractivity contribution in [2.45, 2.75) is 31.8 Å². The van der Waals surface area contributed by atoms with Crippen molar-refractivity contribution in [3.63, 3.8) is 0 Å². The van der Waals surface area contributed by atoms with Crippen LogP contribution in [0.3, 0.4) is 0 Å². The molecule has 2 aromatic carbocycles. The fourth-order valence-electron chi connectivity index (χ4n) is 2.91. The monoisotopic (exact) mass is 246 g/mol. The molecule has 0 amide bonds. The van der Waals surface area contributed by atoms with Crippen LogP contribution in [0.15, 0.2) is 30.3 Å². The number of benzene rings is 2. The Hall–Kier alpha value is -1.05. The summed E-state index contributed by atoms with van der Waals surface area (Å²) in [5, 5.41) is 13.1. The molecule has 88 valence electrons. The Labute approximate surface area is 106 Å². The summed E-state index contributed by atoms with van der Waals surface area (Å²) in [6.45, 7) is 2.23. The van der Waals surface area contributed by atoms with Crippen LogP contribution >= 0.6 is 11.6 Å². The average Bonchev–Trinajstić information content (AvgIpc) is 2.34. The van der Waals surface area contributed by atoms with E-state index in [9.17, 15) is 5.11 Å². The maximum Gasteiger partial charge on any atom is 0.0793 e. The molecule has 1 aliphatic rings. The normalized spacial score (nSPS) is 23.7. The van der Waals surface area contributed by atoms with Crippen molar-refractivity contribution in [2.24, 2.45) is 0 Å². The van der Waals surface area contributed by atoms with Gasteiger partial charge in [0.15, 0.2) is 0 Å². The van der Waals surface area contributed by atoms with E-state index in [1.165, 1.54) is 10.9 Å². The van der Waals surface area contributed by atoms with Crippen molar-refractivity contribution in [1.82, 2.24) is 0 Å². The topological polar surface area (TPSA) is 20.2 Å². The van der Waals surface area contributed by atoms with E-state index in [0.717, 1.165) is 28.8 Å². The second-order valence-corrected chi connectivity index (χ2v) is 5.31. The highest BCUT2D eigenvalue weighted by atomic mass is 35.5. The zero-order valence-electron chi connectivity index (χ0n) is 9.78. The van der Waals surface area contributed by atoms with Gasteiger partial charge in [0.2, 0.25) is 0 Å². The van der Waals surface area contributed by atoms with Gasteiger partial charge in [0.25, 0.3) is 0 Å². The van der Waals surface area contributed by atoms with E-state index < -0.39 is 0 Å². The van der Waals surface area contributed by atoms with E-state index in [1.807, 2.05) is 24.3 Å². The Kier molecular flexibility index (Phi) is 2.61. The molecule has 0 spiro atoms. The molecule has 0 bridgehead atoms. The highest BCUT2D eigenvalue weighted by Crippen LogP contribution is 2.43. The minimum atomic E-state index is -0.358. The highest BCUT2D eigenvalue weighted by molar-refractivity contribution is 6.35. The number of hydrogen-bond donors (Lipinski definition) is 1. The molecule has 1 nitrogen and oxygen atoms in total. The third-order valence-corrected chi connectivity index (χ3v) is 4.11. The number of aliphatic hydroxyl groups excluding tert-OH is 1. The lowest BCUT2D eigenvalue weighted by atomic mass is 9.79. The third kappa shape index (κ3) is 1.65. The first-order valence-corrected chi connectivity index (χ1v) is 6.45. The smallest absolute Gasteiger partial charge is 0.0793 e. The Bertz CT molecular complexity index is 576. The lowest BCUT2D eigenvalue weighted by Gasteiger charge is -2.28. The second kappa shape index (κ2) is 4.01. The SMILES string of the molecule is CC1CC[C@H](O)c2cc(Cl)c3ccccc3c21.